The molecule has 1 aromatic carbocycles. The van der Waals surface area contributed by atoms with Crippen LogP contribution in [-0.4, -0.2) is 25.5 Å². The fourth-order valence-corrected chi connectivity index (χ4v) is 5.27. The molecule has 4 unspecified atom stereocenters. The summed E-state index contributed by atoms with van der Waals surface area (Å²) in [5, 5.41) is 8.63. The summed E-state index contributed by atoms with van der Waals surface area (Å²) in [7, 11) is -3.47. The number of fused-ring (bicyclic) bond motifs is 1. The van der Waals surface area contributed by atoms with Crippen LogP contribution < -0.4 is 4.72 Å². The summed E-state index contributed by atoms with van der Waals surface area (Å²) in [4.78, 5) is 10.8. The smallest absolute Gasteiger partial charge is 0.303 e. The van der Waals surface area contributed by atoms with Crippen molar-refractivity contribution in [1.29, 1.82) is 0 Å². The largest absolute Gasteiger partial charge is 0.481 e. The normalized spacial score (nSPS) is 28.2. The van der Waals surface area contributed by atoms with E-state index in [2.05, 4.69) is 10.8 Å². The van der Waals surface area contributed by atoms with Crippen LogP contribution >= 0.6 is 0 Å². The summed E-state index contributed by atoms with van der Waals surface area (Å²) in [6.45, 7) is 0. The minimum Gasteiger partial charge on any atom is -0.481 e. The molecule has 1 aromatic rings. The molecule has 0 saturated heterocycles. The van der Waals surface area contributed by atoms with Gasteiger partial charge in [-0.25, -0.2) is 13.1 Å². The maximum Gasteiger partial charge on any atom is 0.303 e. The first kappa shape index (κ1) is 18.1. The number of hydrogen-bond donors (Lipinski definition) is 2. The van der Waals surface area contributed by atoms with E-state index in [4.69, 9.17) is 5.11 Å². The fourth-order valence-electron chi connectivity index (χ4n) is 3.95. The average molecular weight is 363 g/mol. The number of hydrogen-bond acceptors (Lipinski definition) is 3. The molecule has 0 radical (unpaired) electrons. The van der Waals surface area contributed by atoms with Gasteiger partial charge in [-0.1, -0.05) is 30.4 Å². The Labute approximate surface area is 149 Å². The van der Waals surface area contributed by atoms with Gasteiger partial charge in [0.2, 0.25) is 10.0 Å². The van der Waals surface area contributed by atoms with E-state index in [1.807, 2.05) is 12.1 Å². The van der Waals surface area contributed by atoms with E-state index in [-0.39, 0.29) is 12.5 Å². The Morgan fingerprint density at radius 1 is 1.20 bits per heavy atom. The number of carboxylic acid groups (broad SMARTS) is 1. The van der Waals surface area contributed by atoms with Gasteiger partial charge in [0.25, 0.3) is 0 Å². The van der Waals surface area contributed by atoms with Crippen molar-refractivity contribution in [2.75, 3.05) is 0 Å². The van der Waals surface area contributed by atoms with E-state index in [0.29, 0.717) is 29.1 Å². The van der Waals surface area contributed by atoms with E-state index >= 15 is 0 Å². The van der Waals surface area contributed by atoms with Gasteiger partial charge in [0.1, 0.15) is 0 Å². The Morgan fingerprint density at radius 2 is 1.96 bits per heavy atom. The molecule has 2 aliphatic rings. The van der Waals surface area contributed by atoms with Gasteiger partial charge in [0, 0.05) is 12.5 Å². The molecule has 6 heteroatoms. The minimum absolute atomic E-state index is 0.00220. The number of aliphatic carboxylic acids is 1. The Hall–Kier alpha value is -1.66. The highest BCUT2D eigenvalue weighted by Crippen LogP contribution is 2.56. The number of benzene rings is 1. The van der Waals surface area contributed by atoms with E-state index in [0.717, 1.165) is 19.3 Å². The second kappa shape index (κ2) is 7.70. The molecule has 0 heterocycles. The highest BCUT2D eigenvalue weighted by atomic mass is 32.2. The van der Waals surface area contributed by atoms with Crippen LogP contribution in [0, 0.1) is 17.8 Å². The number of carboxylic acids is 1. The van der Waals surface area contributed by atoms with Crippen molar-refractivity contribution in [3.63, 3.8) is 0 Å². The Balaban J connectivity index is 1.55. The SMILES string of the molecule is O=C(O)CCC/C=C\CC1C(NS(=O)(=O)c2ccccc2)CC2CC21. The summed E-state index contributed by atoms with van der Waals surface area (Å²) in [6, 6.07) is 8.51. The molecule has 5 nitrogen and oxygen atoms in total. The molecule has 2 saturated carbocycles. The van der Waals surface area contributed by atoms with Crippen LogP contribution in [0.3, 0.4) is 0 Å². The molecule has 2 N–H and O–H groups in total. The molecule has 136 valence electrons. The lowest BCUT2D eigenvalue weighted by Crippen LogP contribution is -2.38. The molecule has 0 aromatic heterocycles. The maximum atomic E-state index is 12.5. The van der Waals surface area contributed by atoms with Crippen molar-refractivity contribution in [3.05, 3.63) is 42.5 Å². The lowest BCUT2D eigenvalue weighted by molar-refractivity contribution is -0.137. The van der Waals surface area contributed by atoms with Crippen LogP contribution in [0.25, 0.3) is 0 Å². The van der Waals surface area contributed by atoms with Crippen LogP contribution in [0.5, 0.6) is 0 Å². The molecule has 0 spiro atoms. The van der Waals surface area contributed by atoms with Gasteiger partial charge < -0.3 is 5.11 Å². The molecule has 2 aliphatic carbocycles. The van der Waals surface area contributed by atoms with Crippen molar-refractivity contribution in [3.8, 4) is 0 Å². The quantitative estimate of drug-likeness (QED) is 0.521. The number of carbonyl (C=O) groups is 1. The van der Waals surface area contributed by atoms with E-state index < -0.39 is 16.0 Å². The molecule has 4 atom stereocenters. The molecule has 3 rings (SSSR count). The zero-order valence-electron chi connectivity index (χ0n) is 14.2. The lowest BCUT2D eigenvalue weighted by Gasteiger charge is -2.22. The summed E-state index contributed by atoms with van der Waals surface area (Å²) in [6.07, 6.45) is 8.71. The summed E-state index contributed by atoms with van der Waals surface area (Å²) in [5.41, 5.74) is 0. The van der Waals surface area contributed by atoms with E-state index in [1.165, 1.54) is 6.42 Å². The lowest BCUT2D eigenvalue weighted by atomic mass is 9.95. The number of sulfonamides is 1. The van der Waals surface area contributed by atoms with Crippen molar-refractivity contribution in [2.45, 2.75) is 49.5 Å². The second-order valence-corrected chi connectivity index (χ2v) is 8.81. The Morgan fingerprint density at radius 3 is 2.68 bits per heavy atom. The summed E-state index contributed by atoms with van der Waals surface area (Å²) >= 11 is 0. The number of nitrogens with one attached hydrogen (secondary N) is 1. The standard InChI is InChI=1S/C19H25NO4S/c21-19(22)11-7-2-1-6-10-16-17-12-14(17)13-18(16)20-25(23,24)15-8-4-3-5-9-15/h1,3-6,8-9,14,16-18,20H,2,7,10-13H2,(H,21,22)/b6-1-. The highest BCUT2D eigenvalue weighted by molar-refractivity contribution is 7.89. The predicted molar refractivity (Wildman–Crippen MR) is 95.5 cm³/mol. The van der Waals surface area contributed by atoms with Gasteiger partial charge in [0.05, 0.1) is 4.90 Å². The summed E-state index contributed by atoms with van der Waals surface area (Å²) < 4.78 is 28.0. The van der Waals surface area contributed by atoms with Crippen molar-refractivity contribution < 1.29 is 18.3 Å². The first-order valence-corrected chi connectivity index (χ1v) is 10.4. The van der Waals surface area contributed by atoms with Gasteiger partial charge in [-0.15, -0.1) is 0 Å². The van der Waals surface area contributed by atoms with Crippen LogP contribution in [0.1, 0.15) is 38.5 Å². The number of rotatable bonds is 9. The molecular weight excluding hydrogens is 338 g/mol. The third-order valence-corrected chi connectivity index (χ3v) is 6.80. The van der Waals surface area contributed by atoms with Crippen LogP contribution in [0.2, 0.25) is 0 Å². The van der Waals surface area contributed by atoms with Gasteiger partial charge in [-0.2, -0.15) is 0 Å². The molecule has 0 amide bonds. The first-order chi connectivity index (χ1) is 12.0. The fraction of sp³-hybridized carbons (Fsp3) is 0.526. The van der Waals surface area contributed by atoms with Crippen LogP contribution in [-0.2, 0) is 14.8 Å². The maximum absolute atomic E-state index is 12.5. The monoisotopic (exact) mass is 363 g/mol. The highest BCUT2D eigenvalue weighted by Gasteiger charge is 2.53. The van der Waals surface area contributed by atoms with Crippen LogP contribution in [0.15, 0.2) is 47.4 Å². The Kier molecular flexibility index (Phi) is 5.59. The molecular formula is C19H25NO4S. The number of allylic oxidation sites excluding steroid dienone is 2. The van der Waals surface area contributed by atoms with Crippen molar-refractivity contribution >= 4 is 16.0 Å². The van der Waals surface area contributed by atoms with Crippen molar-refractivity contribution in [2.24, 2.45) is 17.8 Å². The zero-order valence-corrected chi connectivity index (χ0v) is 15.0. The van der Waals surface area contributed by atoms with E-state index in [1.54, 1.807) is 24.3 Å². The van der Waals surface area contributed by atoms with Gasteiger partial charge in [-0.05, 0) is 62.0 Å². The molecule has 2 fully saturated rings. The third-order valence-electron chi connectivity index (χ3n) is 5.30. The van der Waals surface area contributed by atoms with Crippen molar-refractivity contribution in [1.82, 2.24) is 4.72 Å². The van der Waals surface area contributed by atoms with Gasteiger partial charge in [0.15, 0.2) is 0 Å². The zero-order chi connectivity index (χ0) is 17.9. The predicted octanol–water partition coefficient (Wildman–Crippen LogP) is 3.19. The molecule has 25 heavy (non-hydrogen) atoms. The summed E-state index contributed by atoms with van der Waals surface area (Å²) in [5.74, 6) is 0.876. The number of unbranched alkanes of at least 4 members (excludes halogenated alkanes) is 1. The molecule has 0 aliphatic heterocycles. The van der Waals surface area contributed by atoms with Crippen LogP contribution in [0.4, 0.5) is 0 Å². The van der Waals surface area contributed by atoms with Gasteiger partial charge >= 0.3 is 5.97 Å². The van der Waals surface area contributed by atoms with E-state index in [9.17, 15) is 13.2 Å². The molecule has 0 bridgehead atoms. The third kappa shape index (κ3) is 4.70. The average Bonchev–Trinajstić information content (AvgIpc) is 3.25. The second-order valence-electron chi connectivity index (χ2n) is 7.09. The Bertz CT molecular complexity index is 729. The topological polar surface area (TPSA) is 83.5 Å². The first-order valence-electron chi connectivity index (χ1n) is 8.91. The minimum atomic E-state index is -3.47. The van der Waals surface area contributed by atoms with Gasteiger partial charge in [-0.3, -0.25) is 4.79 Å².